The van der Waals surface area contributed by atoms with Crippen LogP contribution in [0.25, 0.3) is 0 Å². The van der Waals surface area contributed by atoms with Gasteiger partial charge in [0.1, 0.15) is 0 Å². The van der Waals surface area contributed by atoms with E-state index < -0.39 is 0 Å². The molecule has 0 unspecified atom stereocenters. The van der Waals surface area contributed by atoms with Crippen LogP contribution in [0.4, 0.5) is 0 Å². The molecule has 0 fully saturated rings. The standard InChI is InChI=1S/Ca.Co.Ni.H2O/h;;;1H2/q3*+2;/p-1. The molecule has 0 spiro atoms. The summed E-state index contributed by atoms with van der Waals surface area (Å²) in [5.74, 6) is 0. The van der Waals surface area contributed by atoms with Crippen molar-refractivity contribution in [2.24, 2.45) is 0 Å². The zero-order chi connectivity index (χ0) is 0. The fourth-order valence-electron chi connectivity index (χ4n) is 0. The minimum atomic E-state index is 0. The Morgan fingerprint density at radius 1 is 1.00 bits per heavy atom. The van der Waals surface area contributed by atoms with Gasteiger partial charge < -0.3 is 5.48 Å². The molecule has 1 nitrogen and oxygen atoms in total. The van der Waals surface area contributed by atoms with Gasteiger partial charge in [-0.1, -0.05) is 0 Å². The molecule has 1 radical (unpaired) electrons. The summed E-state index contributed by atoms with van der Waals surface area (Å²) in [6.45, 7) is 0. The summed E-state index contributed by atoms with van der Waals surface area (Å²) in [4.78, 5) is 0. The van der Waals surface area contributed by atoms with E-state index in [9.17, 15) is 0 Å². The van der Waals surface area contributed by atoms with Gasteiger partial charge in [-0.2, -0.15) is 0 Å². The largest absolute Gasteiger partial charge is 2.00 e. The van der Waals surface area contributed by atoms with Crippen molar-refractivity contribution in [3.8, 4) is 0 Å². The molecule has 0 rings (SSSR count). The van der Waals surface area contributed by atoms with Crippen molar-refractivity contribution in [2.45, 2.75) is 0 Å². The van der Waals surface area contributed by atoms with Gasteiger partial charge in [0.25, 0.3) is 0 Å². The van der Waals surface area contributed by atoms with E-state index in [0.717, 1.165) is 0 Å². The monoisotopic (exact) mass is 174 g/mol. The quantitative estimate of drug-likeness (QED) is 0.453. The normalized spacial score (nSPS) is 0. The SMILES string of the molecule is [Ca+2].[Co+2].[Ni+2].[OH-]. The molecule has 23 valence electrons. The van der Waals surface area contributed by atoms with Crippen LogP contribution in [-0.4, -0.2) is 43.2 Å². The summed E-state index contributed by atoms with van der Waals surface area (Å²) in [5, 5.41) is 0. The third-order valence-corrected chi connectivity index (χ3v) is 0. The van der Waals surface area contributed by atoms with Crippen molar-refractivity contribution in [3.63, 3.8) is 0 Å². The number of hydrogen-bond donors (Lipinski definition) is 0. The van der Waals surface area contributed by atoms with Gasteiger partial charge in [0.15, 0.2) is 0 Å². The van der Waals surface area contributed by atoms with E-state index in [0.29, 0.717) is 0 Å². The molecule has 0 aliphatic rings. The fraction of sp³-hybridized carbons (Fsp3) is 0. The first-order chi connectivity index (χ1) is 0. The van der Waals surface area contributed by atoms with Gasteiger partial charge in [-0.25, -0.2) is 0 Å². The first-order valence-corrected chi connectivity index (χ1v) is 0. The summed E-state index contributed by atoms with van der Waals surface area (Å²) < 4.78 is 0. The minimum absolute atomic E-state index is 0. The van der Waals surface area contributed by atoms with Gasteiger partial charge in [0.2, 0.25) is 0 Å². The van der Waals surface area contributed by atoms with Crippen LogP contribution in [0.2, 0.25) is 0 Å². The Bertz CT molecular complexity index is 8.00. The second-order valence-electron chi connectivity index (χ2n) is 0. The van der Waals surface area contributed by atoms with E-state index in [2.05, 4.69) is 0 Å². The van der Waals surface area contributed by atoms with E-state index >= 15 is 0 Å². The third kappa shape index (κ3) is 8.88. The molecule has 4 heteroatoms. The van der Waals surface area contributed by atoms with Crippen LogP contribution < -0.4 is 0 Å². The van der Waals surface area contributed by atoms with E-state index in [-0.39, 0.29) is 76.5 Å². The van der Waals surface area contributed by atoms with Gasteiger partial charge in [-0.3, -0.25) is 0 Å². The van der Waals surface area contributed by atoms with Crippen LogP contribution in [0.3, 0.4) is 0 Å². The van der Waals surface area contributed by atoms with Crippen LogP contribution in [0, 0.1) is 0 Å². The van der Waals surface area contributed by atoms with Crippen molar-refractivity contribution >= 4 is 37.7 Å². The van der Waals surface area contributed by atoms with Gasteiger partial charge in [0, 0.05) is 0 Å². The molecule has 0 aromatic carbocycles. The van der Waals surface area contributed by atoms with Crippen molar-refractivity contribution in [1.82, 2.24) is 0 Å². The molecule has 0 aromatic heterocycles. The van der Waals surface area contributed by atoms with Crippen molar-refractivity contribution in [3.05, 3.63) is 0 Å². The van der Waals surface area contributed by atoms with E-state index in [1.54, 1.807) is 0 Å². The predicted octanol–water partition coefficient (Wildman–Crippen LogP) is -0.563. The first kappa shape index (κ1) is 34.4. The second-order valence-corrected chi connectivity index (χ2v) is 0. The Kier molecular flexibility index (Phi) is 162. The van der Waals surface area contributed by atoms with Crippen LogP contribution in [0.1, 0.15) is 0 Å². The molecule has 1 N–H and O–H groups in total. The van der Waals surface area contributed by atoms with Crippen LogP contribution >= 0.6 is 0 Å². The molecule has 0 aliphatic carbocycles. The van der Waals surface area contributed by atoms with Gasteiger partial charge in [-0.15, -0.1) is 0 Å². The minimum Gasteiger partial charge on any atom is -0.870 e. The summed E-state index contributed by atoms with van der Waals surface area (Å²) in [5.41, 5.74) is 0. The first-order valence-electron chi connectivity index (χ1n) is 0. The summed E-state index contributed by atoms with van der Waals surface area (Å²) in [6.07, 6.45) is 0. The number of rotatable bonds is 0. The smallest absolute Gasteiger partial charge is 0.870 e. The van der Waals surface area contributed by atoms with E-state index in [1.807, 2.05) is 0 Å². The number of hydrogen-bond acceptors (Lipinski definition) is 1. The Balaban J connectivity index is 0. The molecule has 0 saturated carbocycles. The van der Waals surface area contributed by atoms with Gasteiger partial charge >= 0.3 is 71.0 Å². The van der Waals surface area contributed by atoms with Crippen LogP contribution in [0.5, 0.6) is 0 Å². The maximum absolute atomic E-state index is 0. The van der Waals surface area contributed by atoms with E-state index in [1.165, 1.54) is 0 Å². The zero-order valence-electron chi connectivity index (χ0n) is 1.80. The zero-order valence-corrected chi connectivity index (χ0v) is 6.04. The maximum atomic E-state index is 0. The average Bonchev–Trinajstić information content (AvgIpc) is 0. The Morgan fingerprint density at radius 2 is 1.00 bits per heavy atom. The Morgan fingerprint density at radius 3 is 1.00 bits per heavy atom. The molecular formula is HCaCoNiO+5. The molecule has 0 saturated heterocycles. The molecule has 0 bridgehead atoms. The fourth-order valence-corrected chi connectivity index (χ4v) is 0. The molecule has 0 aliphatic heterocycles. The Labute approximate surface area is 75.3 Å². The molecule has 0 atom stereocenters. The molecule has 0 amide bonds. The average molecular weight is 175 g/mol. The Hall–Kier alpha value is 2.22. The summed E-state index contributed by atoms with van der Waals surface area (Å²) >= 11 is 0. The van der Waals surface area contributed by atoms with Gasteiger partial charge in [-0.05, 0) is 0 Å². The van der Waals surface area contributed by atoms with Crippen molar-refractivity contribution < 1.29 is 38.7 Å². The molecule has 4 heavy (non-hydrogen) atoms. The van der Waals surface area contributed by atoms with E-state index in [4.69, 9.17) is 0 Å². The molecule has 0 heterocycles. The van der Waals surface area contributed by atoms with Crippen molar-refractivity contribution in [1.29, 1.82) is 0 Å². The van der Waals surface area contributed by atoms with Crippen LogP contribution in [-0.2, 0) is 33.3 Å². The molecule has 0 aromatic rings. The second kappa shape index (κ2) is 18.9. The maximum Gasteiger partial charge on any atom is 2.00 e. The third-order valence-electron chi connectivity index (χ3n) is 0. The van der Waals surface area contributed by atoms with Gasteiger partial charge in [0.05, 0.1) is 0 Å². The topological polar surface area (TPSA) is 30.0 Å². The van der Waals surface area contributed by atoms with Crippen molar-refractivity contribution in [2.75, 3.05) is 0 Å². The summed E-state index contributed by atoms with van der Waals surface area (Å²) in [6, 6.07) is 0. The summed E-state index contributed by atoms with van der Waals surface area (Å²) in [7, 11) is 0. The van der Waals surface area contributed by atoms with Crippen LogP contribution in [0.15, 0.2) is 0 Å². The predicted molar refractivity (Wildman–Crippen MR) is 7.69 cm³/mol. The molecular weight excluding hydrogens is 174 g/mol.